The molecule has 1 fully saturated rings. The summed E-state index contributed by atoms with van der Waals surface area (Å²) in [5.74, 6) is -0.0913. The van der Waals surface area contributed by atoms with Gasteiger partial charge in [-0.1, -0.05) is 5.16 Å². The zero-order valence-electron chi connectivity index (χ0n) is 17.0. The van der Waals surface area contributed by atoms with Gasteiger partial charge in [-0.25, -0.2) is 19.3 Å². The van der Waals surface area contributed by atoms with Gasteiger partial charge in [0.05, 0.1) is 35.1 Å². The minimum Gasteiger partial charge on any atom is -0.368 e. The second-order valence-corrected chi connectivity index (χ2v) is 7.71. The Balaban J connectivity index is 1.55. The third-order valence-corrected chi connectivity index (χ3v) is 5.89. The molecule has 1 aliphatic rings. The van der Waals surface area contributed by atoms with Crippen LogP contribution in [0.5, 0.6) is 0 Å². The molecule has 4 heterocycles. The molecule has 0 bridgehead atoms. The van der Waals surface area contributed by atoms with Crippen LogP contribution in [0.25, 0.3) is 22.6 Å². The summed E-state index contributed by atoms with van der Waals surface area (Å²) in [4.78, 5) is 15.5. The number of likely N-dealkylation sites (tertiary alicyclic amines) is 1. The van der Waals surface area contributed by atoms with Crippen molar-refractivity contribution in [3.8, 4) is 22.6 Å². The van der Waals surface area contributed by atoms with Gasteiger partial charge in [0, 0.05) is 37.0 Å². The molecule has 2 atom stereocenters. The first kappa shape index (κ1) is 19.4. The van der Waals surface area contributed by atoms with E-state index in [9.17, 15) is 4.39 Å². The molecule has 0 radical (unpaired) electrons. The highest BCUT2D eigenvalue weighted by atomic mass is 19.1. The van der Waals surface area contributed by atoms with Crippen LogP contribution in [-0.2, 0) is 6.54 Å². The summed E-state index contributed by atoms with van der Waals surface area (Å²) in [6, 6.07) is 10.5. The van der Waals surface area contributed by atoms with Crippen LogP contribution in [0.4, 0.5) is 10.3 Å². The van der Waals surface area contributed by atoms with Crippen molar-refractivity contribution in [1.29, 1.82) is 0 Å². The summed E-state index contributed by atoms with van der Waals surface area (Å²) < 4.78 is 20.6. The van der Waals surface area contributed by atoms with Crippen molar-refractivity contribution in [2.24, 2.45) is 0 Å². The Kier molecular flexibility index (Phi) is 4.95. The van der Waals surface area contributed by atoms with E-state index in [1.54, 1.807) is 24.6 Å². The molecule has 3 aromatic heterocycles. The maximum atomic E-state index is 13.5. The van der Waals surface area contributed by atoms with E-state index in [0.29, 0.717) is 5.69 Å². The van der Waals surface area contributed by atoms with Gasteiger partial charge in [-0.3, -0.25) is 4.90 Å². The second kappa shape index (κ2) is 7.92. The minimum atomic E-state index is -0.288. The van der Waals surface area contributed by atoms with Crippen LogP contribution in [0.3, 0.4) is 0 Å². The number of anilines is 1. The molecule has 2 N–H and O–H groups in total. The molecule has 4 aromatic rings. The van der Waals surface area contributed by atoms with Crippen LogP contribution in [0.2, 0.25) is 0 Å². The van der Waals surface area contributed by atoms with Crippen LogP contribution < -0.4 is 5.73 Å². The van der Waals surface area contributed by atoms with Gasteiger partial charge in [-0.2, -0.15) is 0 Å². The average molecular weight is 419 g/mol. The molecule has 31 heavy (non-hydrogen) atoms. The van der Waals surface area contributed by atoms with Crippen LogP contribution in [0.15, 0.2) is 59.7 Å². The standard InChI is InChI=1S/C22H22FN7O/c1-14-19(7-10-29(14)12-17-8-11-31-28-17)30-13-26-20(15-2-4-16(23)5-3-15)21(30)18-6-9-25-22(24)27-18/h2-6,8-9,11,13-14,19H,7,10,12H2,1H3,(H2,24,25,27). The number of imidazole rings is 1. The topological polar surface area (TPSA) is 98.9 Å². The van der Waals surface area contributed by atoms with Gasteiger partial charge in [-0.05, 0) is 43.7 Å². The highest BCUT2D eigenvalue weighted by molar-refractivity contribution is 5.77. The molecule has 8 nitrogen and oxygen atoms in total. The number of hydrogen-bond acceptors (Lipinski definition) is 7. The monoisotopic (exact) mass is 419 g/mol. The molecule has 0 amide bonds. The highest BCUT2D eigenvalue weighted by Crippen LogP contribution is 2.37. The number of nitrogens with zero attached hydrogens (tertiary/aromatic N) is 6. The van der Waals surface area contributed by atoms with Crippen molar-refractivity contribution in [2.75, 3.05) is 12.3 Å². The number of rotatable bonds is 5. The van der Waals surface area contributed by atoms with Crippen molar-refractivity contribution in [2.45, 2.75) is 32.0 Å². The summed E-state index contributed by atoms with van der Waals surface area (Å²) >= 11 is 0. The first-order chi connectivity index (χ1) is 15.1. The van der Waals surface area contributed by atoms with Crippen molar-refractivity contribution >= 4 is 5.95 Å². The van der Waals surface area contributed by atoms with Gasteiger partial charge in [-0.15, -0.1) is 0 Å². The van der Waals surface area contributed by atoms with Crippen molar-refractivity contribution in [3.63, 3.8) is 0 Å². The molecule has 1 aliphatic heterocycles. The lowest BCUT2D eigenvalue weighted by Crippen LogP contribution is -2.31. The molecule has 0 saturated carbocycles. The van der Waals surface area contributed by atoms with Gasteiger partial charge in [0.25, 0.3) is 0 Å². The van der Waals surface area contributed by atoms with E-state index in [4.69, 9.17) is 15.2 Å². The van der Waals surface area contributed by atoms with E-state index < -0.39 is 0 Å². The molecule has 0 spiro atoms. The number of hydrogen-bond donors (Lipinski definition) is 1. The summed E-state index contributed by atoms with van der Waals surface area (Å²) in [6.07, 6.45) is 6.02. The zero-order chi connectivity index (χ0) is 21.4. The van der Waals surface area contributed by atoms with Crippen LogP contribution in [-0.4, -0.2) is 42.2 Å². The Labute approximate surface area is 178 Å². The van der Waals surface area contributed by atoms with Crippen LogP contribution >= 0.6 is 0 Å². The molecule has 2 unspecified atom stereocenters. The predicted octanol–water partition coefficient (Wildman–Crippen LogP) is 3.55. The number of aromatic nitrogens is 5. The van der Waals surface area contributed by atoms with E-state index in [2.05, 4.69) is 31.5 Å². The predicted molar refractivity (Wildman–Crippen MR) is 113 cm³/mol. The number of nitrogens with two attached hydrogens (primary N) is 1. The summed E-state index contributed by atoms with van der Waals surface area (Å²) in [5.41, 5.74) is 9.88. The molecular weight excluding hydrogens is 397 g/mol. The van der Waals surface area contributed by atoms with Crippen LogP contribution in [0.1, 0.15) is 25.1 Å². The minimum absolute atomic E-state index is 0.180. The first-order valence-corrected chi connectivity index (χ1v) is 10.1. The molecule has 0 aliphatic carbocycles. The second-order valence-electron chi connectivity index (χ2n) is 7.71. The van der Waals surface area contributed by atoms with E-state index >= 15 is 0 Å². The van der Waals surface area contributed by atoms with Gasteiger partial charge in [0.1, 0.15) is 12.1 Å². The van der Waals surface area contributed by atoms with Gasteiger partial charge < -0.3 is 14.8 Å². The maximum Gasteiger partial charge on any atom is 0.220 e. The number of nitrogen functional groups attached to an aromatic ring is 1. The Hall–Kier alpha value is -3.59. The molecule has 1 aromatic carbocycles. The van der Waals surface area contributed by atoms with Crippen molar-refractivity contribution in [1.82, 2.24) is 29.6 Å². The number of benzene rings is 1. The lowest BCUT2D eigenvalue weighted by Gasteiger charge is -2.25. The Morgan fingerprint density at radius 3 is 2.74 bits per heavy atom. The zero-order valence-corrected chi connectivity index (χ0v) is 17.0. The smallest absolute Gasteiger partial charge is 0.220 e. The molecular formula is C22H22FN7O. The lowest BCUT2D eigenvalue weighted by atomic mass is 10.1. The number of halogens is 1. The molecule has 9 heteroatoms. The first-order valence-electron chi connectivity index (χ1n) is 10.1. The van der Waals surface area contributed by atoms with Gasteiger partial charge in [0.15, 0.2) is 0 Å². The van der Waals surface area contributed by atoms with E-state index in [0.717, 1.165) is 42.2 Å². The highest BCUT2D eigenvalue weighted by Gasteiger charge is 2.34. The van der Waals surface area contributed by atoms with Gasteiger partial charge >= 0.3 is 0 Å². The molecule has 5 rings (SSSR count). The summed E-state index contributed by atoms with van der Waals surface area (Å²) in [5, 5.41) is 4.04. The third kappa shape index (κ3) is 3.68. The third-order valence-electron chi connectivity index (χ3n) is 5.89. The largest absolute Gasteiger partial charge is 0.368 e. The molecule has 1 saturated heterocycles. The van der Waals surface area contributed by atoms with Crippen molar-refractivity contribution < 1.29 is 8.91 Å². The van der Waals surface area contributed by atoms with Gasteiger partial charge in [0.2, 0.25) is 5.95 Å². The fraction of sp³-hybridized carbons (Fsp3) is 0.273. The van der Waals surface area contributed by atoms with E-state index in [-0.39, 0.29) is 23.8 Å². The fourth-order valence-corrected chi connectivity index (χ4v) is 4.30. The average Bonchev–Trinajstić information content (AvgIpc) is 3.50. The van der Waals surface area contributed by atoms with Crippen LogP contribution in [0, 0.1) is 5.82 Å². The Morgan fingerprint density at radius 1 is 1.16 bits per heavy atom. The SMILES string of the molecule is CC1C(n2cnc(-c3ccc(F)cc3)c2-c2ccnc(N)n2)CCN1Cc1ccon1. The summed E-state index contributed by atoms with van der Waals surface area (Å²) in [7, 11) is 0. The maximum absolute atomic E-state index is 13.5. The summed E-state index contributed by atoms with van der Waals surface area (Å²) in [6.45, 7) is 3.85. The normalized spacial score (nSPS) is 19.2. The van der Waals surface area contributed by atoms with Crippen molar-refractivity contribution in [3.05, 3.63) is 66.7 Å². The fourth-order valence-electron chi connectivity index (χ4n) is 4.30. The quantitative estimate of drug-likeness (QED) is 0.528. The Morgan fingerprint density at radius 2 is 2.00 bits per heavy atom. The van der Waals surface area contributed by atoms with E-state index in [1.165, 1.54) is 12.1 Å². The Bertz CT molecular complexity index is 1170. The lowest BCUT2D eigenvalue weighted by molar-refractivity contribution is 0.228. The molecule has 158 valence electrons. The van der Waals surface area contributed by atoms with E-state index in [1.807, 2.05) is 18.5 Å².